The summed E-state index contributed by atoms with van der Waals surface area (Å²) in [5, 5.41) is 6.96. The quantitative estimate of drug-likeness (QED) is 0.566. The molecule has 0 unspecified atom stereocenters. The Morgan fingerprint density at radius 3 is 2.43 bits per heavy atom. The van der Waals surface area contributed by atoms with Gasteiger partial charge in [0.15, 0.2) is 5.16 Å². The number of rotatable bonds is 7. The van der Waals surface area contributed by atoms with E-state index < -0.39 is 0 Å². The third kappa shape index (κ3) is 5.61. The smallest absolute Gasteiger partial charge is 0.234 e. The maximum Gasteiger partial charge on any atom is 0.234 e. The molecule has 2 aromatic carbocycles. The monoisotopic (exact) mass is 414 g/mol. The number of aromatic nitrogens is 2. The van der Waals surface area contributed by atoms with E-state index in [9.17, 15) is 9.59 Å². The SMILES string of the molecule is CC(=O)Nc1ccc(NC(=O)CSc2nccn2Cc2ccccc2Cl)cc1. The molecule has 1 aromatic heterocycles. The van der Waals surface area contributed by atoms with Crippen LogP contribution in [0.3, 0.4) is 0 Å². The highest BCUT2D eigenvalue weighted by Crippen LogP contribution is 2.21. The maximum atomic E-state index is 12.2. The van der Waals surface area contributed by atoms with Crippen molar-refractivity contribution in [3.63, 3.8) is 0 Å². The number of carbonyl (C=O) groups excluding carboxylic acids is 2. The van der Waals surface area contributed by atoms with E-state index in [2.05, 4.69) is 15.6 Å². The summed E-state index contributed by atoms with van der Waals surface area (Å²) in [6.45, 7) is 2.04. The van der Waals surface area contributed by atoms with Crippen molar-refractivity contribution >= 4 is 46.6 Å². The van der Waals surface area contributed by atoms with Gasteiger partial charge in [-0.15, -0.1) is 0 Å². The van der Waals surface area contributed by atoms with Gasteiger partial charge in [0.25, 0.3) is 0 Å². The maximum absolute atomic E-state index is 12.2. The third-order valence-electron chi connectivity index (χ3n) is 3.80. The lowest BCUT2D eigenvalue weighted by atomic mass is 10.2. The first-order chi connectivity index (χ1) is 13.5. The third-order valence-corrected chi connectivity index (χ3v) is 5.17. The van der Waals surface area contributed by atoms with Gasteiger partial charge >= 0.3 is 0 Å². The van der Waals surface area contributed by atoms with Gasteiger partial charge < -0.3 is 15.2 Å². The van der Waals surface area contributed by atoms with Crippen molar-refractivity contribution in [2.45, 2.75) is 18.6 Å². The van der Waals surface area contributed by atoms with E-state index in [1.807, 2.05) is 35.0 Å². The Balaban J connectivity index is 1.55. The lowest BCUT2D eigenvalue weighted by Crippen LogP contribution is -2.15. The number of imidazole rings is 1. The van der Waals surface area contributed by atoms with E-state index in [1.165, 1.54) is 18.7 Å². The number of hydrogen-bond donors (Lipinski definition) is 2. The highest BCUT2D eigenvalue weighted by atomic mass is 35.5. The van der Waals surface area contributed by atoms with Crippen molar-refractivity contribution in [1.82, 2.24) is 9.55 Å². The molecule has 0 aliphatic rings. The zero-order valence-electron chi connectivity index (χ0n) is 15.2. The van der Waals surface area contributed by atoms with Crippen LogP contribution in [-0.4, -0.2) is 27.1 Å². The average Bonchev–Trinajstić information content (AvgIpc) is 3.10. The molecule has 0 radical (unpaired) electrons. The molecular weight excluding hydrogens is 396 g/mol. The Bertz CT molecular complexity index is 972. The molecule has 1 heterocycles. The summed E-state index contributed by atoms with van der Waals surface area (Å²) in [6.07, 6.45) is 3.57. The number of amides is 2. The molecule has 0 fully saturated rings. The van der Waals surface area contributed by atoms with Gasteiger partial charge in [0.2, 0.25) is 11.8 Å². The largest absolute Gasteiger partial charge is 0.326 e. The van der Waals surface area contributed by atoms with Gasteiger partial charge in [-0.3, -0.25) is 9.59 Å². The van der Waals surface area contributed by atoms with Gasteiger partial charge in [0, 0.05) is 35.7 Å². The van der Waals surface area contributed by atoms with Crippen LogP contribution in [0.5, 0.6) is 0 Å². The van der Waals surface area contributed by atoms with E-state index in [0.29, 0.717) is 22.9 Å². The second-order valence-corrected chi connectivity index (χ2v) is 7.37. The number of thioether (sulfide) groups is 1. The van der Waals surface area contributed by atoms with Crippen LogP contribution < -0.4 is 10.6 Å². The van der Waals surface area contributed by atoms with Crippen LogP contribution in [0.1, 0.15) is 12.5 Å². The average molecular weight is 415 g/mol. The Labute approximate surface area is 172 Å². The van der Waals surface area contributed by atoms with Crippen molar-refractivity contribution in [2.75, 3.05) is 16.4 Å². The van der Waals surface area contributed by atoms with Gasteiger partial charge in [-0.2, -0.15) is 0 Å². The van der Waals surface area contributed by atoms with Crippen LogP contribution in [0.25, 0.3) is 0 Å². The first-order valence-electron chi connectivity index (χ1n) is 8.56. The minimum atomic E-state index is -0.138. The Kier molecular flexibility index (Phi) is 6.73. The molecule has 0 saturated heterocycles. The molecule has 0 aliphatic heterocycles. The molecule has 2 amide bonds. The minimum absolute atomic E-state index is 0.135. The molecule has 0 spiro atoms. The Morgan fingerprint density at radius 1 is 1.07 bits per heavy atom. The minimum Gasteiger partial charge on any atom is -0.326 e. The molecule has 0 atom stereocenters. The first-order valence-corrected chi connectivity index (χ1v) is 9.92. The van der Waals surface area contributed by atoms with E-state index >= 15 is 0 Å². The summed E-state index contributed by atoms with van der Waals surface area (Å²) in [5.74, 6) is -0.0440. The van der Waals surface area contributed by atoms with Crippen LogP contribution in [0.15, 0.2) is 66.1 Å². The molecule has 2 N–H and O–H groups in total. The van der Waals surface area contributed by atoms with Gasteiger partial charge in [-0.1, -0.05) is 41.6 Å². The summed E-state index contributed by atoms with van der Waals surface area (Å²) in [4.78, 5) is 27.6. The normalized spacial score (nSPS) is 10.5. The van der Waals surface area contributed by atoms with E-state index in [1.54, 1.807) is 30.5 Å². The fourth-order valence-electron chi connectivity index (χ4n) is 2.53. The van der Waals surface area contributed by atoms with Crippen molar-refractivity contribution in [1.29, 1.82) is 0 Å². The topological polar surface area (TPSA) is 76.0 Å². The second kappa shape index (κ2) is 9.43. The van der Waals surface area contributed by atoms with Crippen molar-refractivity contribution in [3.8, 4) is 0 Å². The number of hydrogen-bond acceptors (Lipinski definition) is 4. The van der Waals surface area contributed by atoms with Crippen LogP contribution in [0.2, 0.25) is 5.02 Å². The van der Waals surface area contributed by atoms with Gasteiger partial charge in [0.1, 0.15) is 0 Å². The predicted octanol–water partition coefficient (Wildman–Crippen LogP) is 4.27. The molecule has 6 nitrogen and oxygen atoms in total. The van der Waals surface area contributed by atoms with E-state index in [0.717, 1.165) is 10.7 Å². The zero-order valence-corrected chi connectivity index (χ0v) is 16.8. The standard InChI is InChI=1S/C20H19ClN4O2S/c1-14(26)23-16-6-8-17(9-7-16)24-19(27)13-28-20-22-10-11-25(20)12-15-4-2-3-5-18(15)21/h2-11H,12-13H2,1H3,(H,23,26)(H,24,27). The summed E-state index contributed by atoms with van der Waals surface area (Å²) in [7, 11) is 0. The predicted molar refractivity (Wildman–Crippen MR) is 113 cm³/mol. The lowest BCUT2D eigenvalue weighted by molar-refractivity contribution is -0.114. The van der Waals surface area contributed by atoms with Gasteiger partial charge in [-0.05, 0) is 35.9 Å². The fourth-order valence-corrected chi connectivity index (χ4v) is 3.49. The van der Waals surface area contributed by atoms with E-state index in [-0.39, 0.29) is 17.6 Å². The van der Waals surface area contributed by atoms with E-state index in [4.69, 9.17) is 11.6 Å². The molecule has 144 valence electrons. The highest BCUT2D eigenvalue weighted by Gasteiger charge is 2.10. The summed E-state index contributed by atoms with van der Waals surface area (Å²) < 4.78 is 1.96. The number of nitrogens with one attached hydrogen (secondary N) is 2. The molecule has 8 heteroatoms. The number of halogens is 1. The molecule has 0 bridgehead atoms. The molecule has 3 aromatic rings. The van der Waals surface area contributed by atoms with Crippen molar-refractivity contribution < 1.29 is 9.59 Å². The lowest BCUT2D eigenvalue weighted by Gasteiger charge is -2.09. The number of carbonyl (C=O) groups is 2. The fraction of sp³-hybridized carbons (Fsp3) is 0.150. The zero-order chi connectivity index (χ0) is 19.9. The van der Waals surface area contributed by atoms with Crippen LogP contribution >= 0.6 is 23.4 Å². The summed E-state index contributed by atoms with van der Waals surface area (Å²) >= 11 is 7.58. The van der Waals surface area contributed by atoms with Crippen molar-refractivity contribution in [3.05, 3.63) is 71.5 Å². The highest BCUT2D eigenvalue weighted by molar-refractivity contribution is 7.99. The molecule has 0 aliphatic carbocycles. The van der Waals surface area contributed by atoms with Gasteiger partial charge in [-0.25, -0.2) is 4.98 Å². The summed E-state index contributed by atoms with van der Waals surface area (Å²) in [6, 6.07) is 14.6. The number of nitrogens with zero attached hydrogens (tertiary/aromatic N) is 2. The number of benzene rings is 2. The Morgan fingerprint density at radius 2 is 1.75 bits per heavy atom. The van der Waals surface area contributed by atoms with Crippen LogP contribution in [-0.2, 0) is 16.1 Å². The molecule has 28 heavy (non-hydrogen) atoms. The van der Waals surface area contributed by atoms with Gasteiger partial charge in [0.05, 0.1) is 12.3 Å². The second-order valence-electron chi connectivity index (χ2n) is 6.02. The summed E-state index contributed by atoms with van der Waals surface area (Å²) in [5.41, 5.74) is 2.34. The molecule has 3 rings (SSSR count). The van der Waals surface area contributed by atoms with Crippen LogP contribution in [0.4, 0.5) is 11.4 Å². The van der Waals surface area contributed by atoms with Crippen molar-refractivity contribution in [2.24, 2.45) is 0 Å². The molecular formula is C20H19ClN4O2S. The Hall–Kier alpha value is -2.77. The number of anilines is 2. The van der Waals surface area contributed by atoms with Crippen LogP contribution in [0, 0.1) is 0 Å². The molecule has 0 saturated carbocycles. The first kappa shape index (κ1) is 20.0.